The Labute approximate surface area is 172 Å². The molecule has 4 nitrogen and oxygen atoms in total. The lowest BCUT2D eigenvalue weighted by atomic mass is 10.1. The van der Waals surface area contributed by atoms with Crippen molar-refractivity contribution >= 4 is 29.4 Å². The Balaban J connectivity index is 1.66. The van der Waals surface area contributed by atoms with Crippen LogP contribution in [-0.2, 0) is 0 Å². The summed E-state index contributed by atoms with van der Waals surface area (Å²) in [5.41, 5.74) is 4.49. The molecule has 2 aromatic carbocycles. The van der Waals surface area contributed by atoms with E-state index in [9.17, 15) is 4.79 Å². The molecule has 0 fully saturated rings. The van der Waals surface area contributed by atoms with Crippen LogP contribution in [-0.4, -0.2) is 17.4 Å². The lowest BCUT2D eigenvalue weighted by Gasteiger charge is -2.10. The zero-order valence-electron chi connectivity index (χ0n) is 16.9. The van der Waals surface area contributed by atoms with Crippen molar-refractivity contribution in [3.8, 4) is 0 Å². The summed E-state index contributed by atoms with van der Waals surface area (Å²) >= 11 is 0. The van der Waals surface area contributed by atoms with Crippen molar-refractivity contribution in [3.05, 3.63) is 89.7 Å². The molecule has 2 N–H and O–H groups in total. The van der Waals surface area contributed by atoms with Crippen LogP contribution < -0.4 is 10.6 Å². The highest BCUT2D eigenvalue weighted by Crippen LogP contribution is 2.20. The lowest BCUT2D eigenvalue weighted by Crippen LogP contribution is -2.25. The van der Waals surface area contributed by atoms with E-state index in [2.05, 4.69) is 35.5 Å². The summed E-state index contributed by atoms with van der Waals surface area (Å²) in [4.78, 5) is 16.7. The van der Waals surface area contributed by atoms with E-state index in [0.29, 0.717) is 18.0 Å². The SMILES string of the molecule is CC(C)CCNC(=O)c1cccc(Nc2cccc(C=Cc3ccccn3)c2)c1. The third kappa shape index (κ3) is 6.61. The zero-order valence-corrected chi connectivity index (χ0v) is 16.9. The van der Waals surface area contributed by atoms with Crippen LogP contribution in [0.15, 0.2) is 72.9 Å². The maximum absolute atomic E-state index is 12.4. The first-order chi connectivity index (χ1) is 14.1. The molecule has 3 aromatic rings. The van der Waals surface area contributed by atoms with Crippen molar-refractivity contribution in [2.75, 3.05) is 11.9 Å². The summed E-state index contributed by atoms with van der Waals surface area (Å²) in [6.07, 6.45) is 6.78. The maximum Gasteiger partial charge on any atom is 0.251 e. The molecule has 0 aliphatic heterocycles. The average Bonchev–Trinajstić information content (AvgIpc) is 2.73. The van der Waals surface area contributed by atoms with Crippen LogP contribution in [0.5, 0.6) is 0 Å². The van der Waals surface area contributed by atoms with E-state index in [0.717, 1.165) is 29.1 Å². The first kappa shape index (κ1) is 20.3. The van der Waals surface area contributed by atoms with Crippen LogP contribution >= 0.6 is 0 Å². The first-order valence-corrected chi connectivity index (χ1v) is 9.94. The molecule has 29 heavy (non-hydrogen) atoms. The number of amides is 1. The van der Waals surface area contributed by atoms with Gasteiger partial charge in [-0.05, 0) is 66.4 Å². The van der Waals surface area contributed by atoms with Crippen molar-refractivity contribution < 1.29 is 4.79 Å². The van der Waals surface area contributed by atoms with E-state index in [1.54, 1.807) is 6.20 Å². The number of nitrogens with zero attached hydrogens (tertiary/aromatic N) is 1. The van der Waals surface area contributed by atoms with Gasteiger partial charge in [0.05, 0.1) is 5.69 Å². The normalized spacial score (nSPS) is 11.0. The molecule has 0 aliphatic carbocycles. The lowest BCUT2D eigenvalue weighted by molar-refractivity contribution is 0.0952. The van der Waals surface area contributed by atoms with Crippen LogP contribution in [0.1, 0.15) is 41.9 Å². The molecule has 0 saturated heterocycles. The number of nitrogens with one attached hydrogen (secondary N) is 2. The Kier molecular flexibility index (Phi) is 7.17. The number of rotatable bonds is 8. The summed E-state index contributed by atoms with van der Waals surface area (Å²) in [6.45, 7) is 4.99. The number of pyridine rings is 1. The van der Waals surface area contributed by atoms with Crippen LogP contribution in [0.4, 0.5) is 11.4 Å². The average molecular weight is 386 g/mol. The van der Waals surface area contributed by atoms with Gasteiger partial charge >= 0.3 is 0 Å². The molecular formula is C25H27N3O. The predicted molar refractivity (Wildman–Crippen MR) is 121 cm³/mol. The molecular weight excluding hydrogens is 358 g/mol. The number of aromatic nitrogens is 1. The van der Waals surface area contributed by atoms with Crippen molar-refractivity contribution in [1.29, 1.82) is 0 Å². The zero-order chi connectivity index (χ0) is 20.5. The van der Waals surface area contributed by atoms with Gasteiger partial charge in [-0.25, -0.2) is 0 Å². The molecule has 0 spiro atoms. The molecule has 0 atom stereocenters. The Hall–Kier alpha value is -3.40. The molecule has 0 unspecified atom stereocenters. The number of anilines is 2. The van der Waals surface area contributed by atoms with E-state index in [1.807, 2.05) is 72.8 Å². The summed E-state index contributed by atoms with van der Waals surface area (Å²) in [6, 6.07) is 21.5. The molecule has 148 valence electrons. The second-order valence-corrected chi connectivity index (χ2v) is 7.36. The first-order valence-electron chi connectivity index (χ1n) is 9.94. The van der Waals surface area contributed by atoms with Gasteiger partial charge in [-0.3, -0.25) is 9.78 Å². The third-order valence-corrected chi connectivity index (χ3v) is 4.44. The maximum atomic E-state index is 12.4. The van der Waals surface area contributed by atoms with Gasteiger partial charge in [0.2, 0.25) is 0 Å². The highest BCUT2D eigenvalue weighted by Gasteiger charge is 2.06. The summed E-state index contributed by atoms with van der Waals surface area (Å²) < 4.78 is 0. The highest BCUT2D eigenvalue weighted by atomic mass is 16.1. The predicted octanol–water partition coefficient (Wildman–Crippen LogP) is 5.77. The molecule has 1 amide bonds. The van der Waals surface area contributed by atoms with Gasteiger partial charge in [0.15, 0.2) is 0 Å². The number of hydrogen-bond donors (Lipinski definition) is 2. The largest absolute Gasteiger partial charge is 0.355 e. The summed E-state index contributed by atoms with van der Waals surface area (Å²) in [7, 11) is 0. The quantitative estimate of drug-likeness (QED) is 0.517. The Morgan fingerprint density at radius 2 is 1.76 bits per heavy atom. The van der Waals surface area contributed by atoms with Gasteiger partial charge in [0.1, 0.15) is 0 Å². The van der Waals surface area contributed by atoms with E-state index < -0.39 is 0 Å². The van der Waals surface area contributed by atoms with E-state index in [1.165, 1.54) is 0 Å². The van der Waals surface area contributed by atoms with Crippen LogP contribution in [0.2, 0.25) is 0 Å². The molecule has 0 radical (unpaired) electrons. The standard InChI is InChI=1S/C25H27N3O/c1-19(2)14-16-27-25(29)21-8-6-11-24(18-21)28-23-10-5-7-20(17-23)12-13-22-9-3-4-15-26-22/h3-13,15,17-19,28H,14,16H2,1-2H3,(H,27,29). The minimum absolute atomic E-state index is 0.0404. The van der Waals surface area contributed by atoms with Gasteiger partial charge in [-0.15, -0.1) is 0 Å². The summed E-state index contributed by atoms with van der Waals surface area (Å²) in [5, 5.41) is 6.36. The van der Waals surface area contributed by atoms with Crippen molar-refractivity contribution in [3.63, 3.8) is 0 Å². The number of hydrogen-bond acceptors (Lipinski definition) is 3. The molecule has 0 saturated carbocycles. The van der Waals surface area contributed by atoms with Crippen molar-refractivity contribution in [2.24, 2.45) is 5.92 Å². The van der Waals surface area contributed by atoms with Gasteiger partial charge in [0.25, 0.3) is 5.91 Å². The minimum atomic E-state index is -0.0404. The molecule has 4 heteroatoms. The minimum Gasteiger partial charge on any atom is -0.355 e. The number of carbonyl (C=O) groups excluding carboxylic acids is 1. The fraction of sp³-hybridized carbons (Fsp3) is 0.200. The van der Waals surface area contributed by atoms with E-state index in [4.69, 9.17) is 0 Å². The molecule has 1 heterocycles. The van der Waals surface area contributed by atoms with E-state index in [-0.39, 0.29) is 5.91 Å². The highest BCUT2D eigenvalue weighted by molar-refractivity contribution is 5.95. The van der Waals surface area contributed by atoms with Crippen molar-refractivity contribution in [1.82, 2.24) is 10.3 Å². The van der Waals surface area contributed by atoms with Gasteiger partial charge < -0.3 is 10.6 Å². The monoisotopic (exact) mass is 385 g/mol. The molecule has 0 aliphatic rings. The van der Waals surface area contributed by atoms with Gasteiger partial charge in [-0.1, -0.05) is 44.2 Å². The van der Waals surface area contributed by atoms with Gasteiger partial charge in [0, 0.05) is 29.7 Å². The third-order valence-electron chi connectivity index (χ3n) is 4.44. The van der Waals surface area contributed by atoms with Crippen LogP contribution in [0.3, 0.4) is 0 Å². The van der Waals surface area contributed by atoms with E-state index >= 15 is 0 Å². The van der Waals surface area contributed by atoms with Crippen LogP contribution in [0.25, 0.3) is 12.2 Å². The number of benzene rings is 2. The Morgan fingerprint density at radius 1 is 0.966 bits per heavy atom. The second kappa shape index (κ2) is 10.2. The number of carbonyl (C=O) groups is 1. The van der Waals surface area contributed by atoms with Crippen molar-refractivity contribution in [2.45, 2.75) is 20.3 Å². The fourth-order valence-electron chi connectivity index (χ4n) is 2.86. The summed E-state index contributed by atoms with van der Waals surface area (Å²) in [5.74, 6) is 0.531. The smallest absolute Gasteiger partial charge is 0.251 e. The van der Waals surface area contributed by atoms with Crippen LogP contribution in [0, 0.1) is 5.92 Å². The molecule has 1 aromatic heterocycles. The molecule has 0 bridgehead atoms. The van der Waals surface area contributed by atoms with Gasteiger partial charge in [-0.2, -0.15) is 0 Å². The molecule has 3 rings (SSSR count). The topological polar surface area (TPSA) is 54.0 Å². The fourth-order valence-corrected chi connectivity index (χ4v) is 2.86. The Morgan fingerprint density at radius 3 is 2.52 bits per heavy atom. The Bertz CT molecular complexity index is 965. The second-order valence-electron chi connectivity index (χ2n) is 7.36.